The molecular weight excluding hydrogens is 257 g/mol. The summed E-state index contributed by atoms with van der Waals surface area (Å²) in [5, 5.41) is 0. The molecule has 4 nitrogen and oxygen atoms in total. The molecule has 76 valence electrons. The van der Waals surface area contributed by atoms with Gasteiger partial charge in [-0.05, 0) is 0 Å². The quantitative estimate of drug-likeness (QED) is 0.497. The van der Waals surface area contributed by atoms with Crippen LogP contribution in [0.25, 0.3) is 0 Å². The zero-order valence-electron chi connectivity index (χ0n) is 6.46. The van der Waals surface area contributed by atoms with E-state index >= 15 is 0 Å². The maximum Gasteiger partial charge on any atom is 0.158 e. The molecular formula is C5H8Cl2O4P2. The van der Waals surface area contributed by atoms with Gasteiger partial charge >= 0.3 is 0 Å². The molecule has 2 atom stereocenters. The zero-order valence-corrected chi connectivity index (χ0v) is 9.97. The van der Waals surface area contributed by atoms with Crippen LogP contribution in [0.15, 0.2) is 0 Å². The summed E-state index contributed by atoms with van der Waals surface area (Å²) in [6.07, 6.45) is 0. The lowest BCUT2D eigenvalue weighted by Gasteiger charge is -2.44. The maximum atomic E-state index is 6.01. The van der Waals surface area contributed by atoms with Crippen LogP contribution in [0, 0.1) is 5.41 Å². The van der Waals surface area contributed by atoms with Crippen LogP contribution >= 0.6 is 41.3 Å². The molecule has 0 aromatic carbocycles. The van der Waals surface area contributed by atoms with E-state index in [9.17, 15) is 0 Å². The van der Waals surface area contributed by atoms with E-state index in [2.05, 4.69) is 0 Å². The van der Waals surface area contributed by atoms with Crippen LogP contribution in [-0.4, -0.2) is 24.3 Å². The molecule has 2 unspecified atom stereocenters. The molecule has 0 aromatic heterocycles. The molecule has 1 spiro atoms. The molecule has 0 aliphatic carbocycles. The molecule has 0 aromatic rings. The molecule has 0 N–H and O–H groups in total. The Morgan fingerprint density at radius 1 is 1.00 bits per heavy atom. The van der Waals surface area contributed by atoms with Gasteiger partial charge in [0.15, 0.2) is 29.2 Å². The van der Waals surface area contributed by atoms with E-state index in [0.717, 1.165) is 0 Å². The standard InChI is InChI=1S/C5H8Cl2O4P2/c6-3-5(1-8-12-9-2-5)4(7)11-13-10-3/h3-4,12-13H,1-2H2. The highest BCUT2D eigenvalue weighted by Gasteiger charge is 2.51. The van der Waals surface area contributed by atoms with Crippen molar-refractivity contribution in [3.05, 3.63) is 0 Å². The number of halogens is 2. The SMILES string of the molecule is ClC1OPOC(Cl)C12COPOC2. The smallest absolute Gasteiger partial charge is 0.158 e. The van der Waals surface area contributed by atoms with E-state index in [1.54, 1.807) is 0 Å². The molecule has 13 heavy (non-hydrogen) atoms. The first-order chi connectivity index (χ1) is 6.26. The Morgan fingerprint density at radius 3 is 2.08 bits per heavy atom. The summed E-state index contributed by atoms with van der Waals surface area (Å²) in [6, 6.07) is 0. The minimum atomic E-state index is -0.570. The van der Waals surface area contributed by atoms with Gasteiger partial charge in [-0.25, -0.2) is 0 Å². The number of rotatable bonds is 0. The predicted octanol–water partition coefficient (Wildman–Crippen LogP) is 2.21. The lowest BCUT2D eigenvalue weighted by molar-refractivity contribution is -0.0776. The number of alkyl halides is 2. The summed E-state index contributed by atoms with van der Waals surface area (Å²) < 4.78 is 20.7. The van der Waals surface area contributed by atoms with Crippen molar-refractivity contribution in [2.45, 2.75) is 11.1 Å². The summed E-state index contributed by atoms with van der Waals surface area (Å²) >= 11 is 12.0. The minimum Gasteiger partial charge on any atom is -0.335 e. The molecule has 2 rings (SSSR count). The maximum absolute atomic E-state index is 6.01. The molecule has 0 radical (unpaired) electrons. The van der Waals surface area contributed by atoms with E-state index in [1.165, 1.54) is 0 Å². The minimum absolute atomic E-state index is 0.0532. The van der Waals surface area contributed by atoms with E-state index in [-0.39, 0.29) is 18.1 Å². The number of hydrogen-bond acceptors (Lipinski definition) is 4. The van der Waals surface area contributed by atoms with Crippen molar-refractivity contribution in [2.75, 3.05) is 13.2 Å². The molecule has 0 bridgehead atoms. The Labute approximate surface area is 89.4 Å². The van der Waals surface area contributed by atoms with Crippen LogP contribution in [0.1, 0.15) is 0 Å². The van der Waals surface area contributed by atoms with Gasteiger partial charge in [-0.15, -0.1) is 0 Å². The van der Waals surface area contributed by atoms with Gasteiger partial charge in [0, 0.05) is 0 Å². The lowest BCUT2D eigenvalue weighted by atomic mass is 9.92. The van der Waals surface area contributed by atoms with Gasteiger partial charge in [-0.3, -0.25) is 0 Å². The van der Waals surface area contributed by atoms with Crippen LogP contribution < -0.4 is 0 Å². The first kappa shape index (κ1) is 10.8. The molecule has 0 amide bonds. The molecule has 2 saturated heterocycles. The zero-order chi connectivity index (χ0) is 9.31. The lowest BCUT2D eigenvalue weighted by Crippen LogP contribution is -2.51. The van der Waals surface area contributed by atoms with Crippen LogP contribution in [0.5, 0.6) is 0 Å². The van der Waals surface area contributed by atoms with Crippen LogP contribution in [-0.2, 0) is 18.1 Å². The predicted molar refractivity (Wildman–Crippen MR) is 52.4 cm³/mol. The second-order valence-corrected chi connectivity index (χ2v) is 5.02. The molecule has 0 saturated carbocycles. The second-order valence-electron chi connectivity index (χ2n) is 2.84. The first-order valence-electron chi connectivity index (χ1n) is 3.59. The largest absolute Gasteiger partial charge is 0.335 e. The van der Waals surface area contributed by atoms with Gasteiger partial charge in [0.2, 0.25) is 0 Å². The third-order valence-corrected chi connectivity index (χ3v) is 4.54. The van der Waals surface area contributed by atoms with Crippen molar-refractivity contribution >= 4 is 41.3 Å². The van der Waals surface area contributed by atoms with Gasteiger partial charge in [-0.1, -0.05) is 23.2 Å². The fourth-order valence-electron chi connectivity index (χ4n) is 1.12. The van der Waals surface area contributed by atoms with Gasteiger partial charge in [-0.2, -0.15) is 0 Å². The van der Waals surface area contributed by atoms with Crippen LogP contribution in [0.3, 0.4) is 0 Å². The summed E-state index contributed by atoms with van der Waals surface area (Å²) in [5.41, 5.74) is -1.58. The van der Waals surface area contributed by atoms with Crippen LogP contribution in [0.2, 0.25) is 0 Å². The number of hydrogen-bond donors (Lipinski definition) is 0. The third kappa shape index (κ3) is 1.97. The Balaban J connectivity index is 2.13. The van der Waals surface area contributed by atoms with Crippen molar-refractivity contribution in [2.24, 2.45) is 5.41 Å². The average Bonchev–Trinajstić information content (AvgIpc) is 2.16. The van der Waals surface area contributed by atoms with Gasteiger partial charge in [0.25, 0.3) is 0 Å². The Morgan fingerprint density at radius 2 is 1.54 bits per heavy atom. The highest BCUT2D eigenvalue weighted by atomic mass is 35.5. The molecule has 2 aliphatic rings. The topological polar surface area (TPSA) is 36.9 Å². The van der Waals surface area contributed by atoms with Crippen molar-refractivity contribution in [1.82, 2.24) is 0 Å². The molecule has 2 aliphatic heterocycles. The Hall–Kier alpha value is 1.28. The average molecular weight is 265 g/mol. The Bertz CT molecular complexity index is 177. The highest BCUT2D eigenvalue weighted by Crippen LogP contribution is 2.49. The van der Waals surface area contributed by atoms with E-state index in [0.29, 0.717) is 13.2 Å². The Kier molecular flexibility index (Phi) is 3.67. The first-order valence-corrected chi connectivity index (χ1v) is 6.09. The van der Waals surface area contributed by atoms with Gasteiger partial charge < -0.3 is 18.1 Å². The van der Waals surface area contributed by atoms with E-state index < -0.39 is 16.5 Å². The monoisotopic (exact) mass is 264 g/mol. The third-order valence-electron chi connectivity index (χ3n) is 2.01. The van der Waals surface area contributed by atoms with E-state index in [4.69, 9.17) is 41.3 Å². The second kappa shape index (κ2) is 4.42. The van der Waals surface area contributed by atoms with Gasteiger partial charge in [0.1, 0.15) is 0 Å². The summed E-state index contributed by atoms with van der Waals surface area (Å²) in [7, 11) is -0.0588. The fraction of sp³-hybridized carbons (Fsp3) is 1.00. The highest BCUT2D eigenvalue weighted by molar-refractivity contribution is 7.26. The molecule has 2 heterocycles. The summed E-state index contributed by atoms with van der Waals surface area (Å²) in [4.78, 5) is 0. The van der Waals surface area contributed by atoms with E-state index in [1.807, 2.05) is 0 Å². The van der Waals surface area contributed by atoms with Crippen LogP contribution in [0.4, 0.5) is 0 Å². The summed E-state index contributed by atoms with van der Waals surface area (Å²) in [6.45, 7) is 0.830. The molecule has 8 heteroatoms. The van der Waals surface area contributed by atoms with Crippen molar-refractivity contribution < 1.29 is 18.1 Å². The van der Waals surface area contributed by atoms with Crippen molar-refractivity contribution in [3.63, 3.8) is 0 Å². The fourth-order valence-corrected chi connectivity index (χ4v) is 3.32. The van der Waals surface area contributed by atoms with Gasteiger partial charge in [0.05, 0.1) is 18.6 Å². The molecule has 2 fully saturated rings. The van der Waals surface area contributed by atoms with Crippen molar-refractivity contribution in [3.8, 4) is 0 Å². The normalized spacial score (nSPS) is 50.3. The van der Waals surface area contributed by atoms with Crippen molar-refractivity contribution in [1.29, 1.82) is 0 Å². The summed E-state index contributed by atoms with van der Waals surface area (Å²) in [5.74, 6) is 0.